The van der Waals surface area contributed by atoms with E-state index in [1.54, 1.807) is 6.92 Å². The number of nitrogens with one attached hydrogen (secondary N) is 1. The average Bonchev–Trinajstić information content (AvgIpc) is 2.61. The van der Waals surface area contributed by atoms with Crippen LogP contribution in [0.1, 0.15) is 34.6 Å². The molecule has 0 aromatic carbocycles. The first kappa shape index (κ1) is 23.1. The minimum atomic E-state index is -0.768. The van der Waals surface area contributed by atoms with Crippen molar-refractivity contribution < 1.29 is 33.3 Å². The van der Waals surface area contributed by atoms with Crippen molar-refractivity contribution in [2.75, 3.05) is 19.8 Å². The van der Waals surface area contributed by atoms with Crippen molar-refractivity contribution in [2.45, 2.75) is 53.1 Å². The summed E-state index contributed by atoms with van der Waals surface area (Å²) < 4.78 is 21.9. The third kappa shape index (κ3) is 7.30. The second-order valence-corrected chi connectivity index (χ2v) is 6.94. The SMILES string of the molecule is C=CCOC(=O)C(C)CO[C@@H]1OC(COC(C)=O)[C@H](C)[C@H](C)C1NC(C)=O. The molecule has 1 heterocycles. The van der Waals surface area contributed by atoms with E-state index in [9.17, 15) is 14.4 Å². The lowest BCUT2D eigenvalue weighted by Crippen LogP contribution is -2.58. The molecule has 0 saturated carbocycles. The Morgan fingerprint density at radius 1 is 1.19 bits per heavy atom. The van der Waals surface area contributed by atoms with E-state index in [0.717, 1.165) is 0 Å². The zero-order valence-corrected chi connectivity index (χ0v) is 16.7. The number of rotatable bonds is 9. The molecule has 1 rings (SSSR count). The van der Waals surface area contributed by atoms with Crippen LogP contribution < -0.4 is 5.32 Å². The number of esters is 2. The number of ether oxygens (including phenoxy) is 4. The Hall–Kier alpha value is -1.93. The molecule has 0 aliphatic carbocycles. The summed E-state index contributed by atoms with van der Waals surface area (Å²) in [5, 5.41) is 2.86. The van der Waals surface area contributed by atoms with E-state index >= 15 is 0 Å². The molecule has 8 heteroatoms. The monoisotopic (exact) mass is 385 g/mol. The topological polar surface area (TPSA) is 100 Å². The van der Waals surface area contributed by atoms with Gasteiger partial charge in [0.2, 0.25) is 5.91 Å². The highest BCUT2D eigenvalue weighted by molar-refractivity contribution is 5.73. The second-order valence-electron chi connectivity index (χ2n) is 6.94. The zero-order chi connectivity index (χ0) is 20.6. The van der Waals surface area contributed by atoms with Gasteiger partial charge in [0.05, 0.1) is 24.7 Å². The fraction of sp³-hybridized carbons (Fsp3) is 0.737. The predicted octanol–water partition coefficient (Wildman–Crippen LogP) is 1.43. The molecule has 1 fully saturated rings. The maximum absolute atomic E-state index is 11.9. The molecule has 27 heavy (non-hydrogen) atoms. The van der Waals surface area contributed by atoms with Crippen LogP contribution in [-0.4, -0.2) is 56.1 Å². The van der Waals surface area contributed by atoms with Crippen molar-refractivity contribution in [3.8, 4) is 0 Å². The molecule has 0 aromatic heterocycles. The quantitative estimate of drug-likeness (QED) is 0.473. The standard InChI is InChI=1S/C19H31NO7/c1-7-8-24-18(23)11(2)9-26-19-17(20-14(5)21)13(4)12(3)16(27-19)10-25-15(6)22/h7,11-13,16-17,19H,1,8-10H2,2-6H3,(H,20,21)/t11?,12-,13+,16?,17?,19-/m1/s1. The lowest BCUT2D eigenvalue weighted by molar-refractivity contribution is -0.247. The highest BCUT2D eigenvalue weighted by Gasteiger charge is 2.43. The smallest absolute Gasteiger partial charge is 0.311 e. The number of carbonyl (C=O) groups excluding carboxylic acids is 3. The number of carbonyl (C=O) groups is 3. The molecular formula is C19H31NO7. The molecule has 1 aliphatic rings. The minimum absolute atomic E-state index is 0.0104. The molecule has 1 saturated heterocycles. The van der Waals surface area contributed by atoms with Gasteiger partial charge in [0.15, 0.2) is 6.29 Å². The lowest BCUT2D eigenvalue weighted by Gasteiger charge is -2.44. The van der Waals surface area contributed by atoms with Gasteiger partial charge in [-0.3, -0.25) is 14.4 Å². The van der Waals surface area contributed by atoms with E-state index in [1.807, 2.05) is 13.8 Å². The van der Waals surface area contributed by atoms with Crippen molar-refractivity contribution in [1.29, 1.82) is 0 Å². The summed E-state index contributed by atoms with van der Waals surface area (Å²) in [7, 11) is 0. The van der Waals surface area contributed by atoms with Gasteiger partial charge in [-0.1, -0.05) is 26.5 Å². The zero-order valence-electron chi connectivity index (χ0n) is 16.7. The normalized spacial score (nSPS) is 28.7. The van der Waals surface area contributed by atoms with Crippen LogP contribution in [0.3, 0.4) is 0 Å². The van der Waals surface area contributed by atoms with Crippen molar-refractivity contribution >= 4 is 17.8 Å². The number of amides is 1. The van der Waals surface area contributed by atoms with Crippen molar-refractivity contribution in [3.63, 3.8) is 0 Å². The summed E-state index contributed by atoms with van der Waals surface area (Å²) in [6.07, 6.45) is 0.350. The van der Waals surface area contributed by atoms with Gasteiger partial charge in [0.1, 0.15) is 13.2 Å². The van der Waals surface area contributed by atoms with Crippen LogP contribution in [0.25, 0.3) is 0 Å². The molecule has 3 unspecified atom stereocenters. The van der Waals surface area contributed by atoms with E-state index < -0.39 is 24.1 Å². The Morgan fingerprint density at radius 2 is 1.85 bits per heavy atom. The van der Waals surface area contributed by atoms with Crippen LogP contribution in [0.15, 0.2) is 12.7 Å². The van der Waals surface area contributed by atoms with Crippen LogP contribution in [-0.2, 0) is 33.3 Å². The Morgan fingerprint density at radius 3 is 2.41 bits per heavy atom. The van der Waals surface area contributed by atoms with Gasteiger partial charge in [-0.25, -0.2) is 0 Å². The molecule has 1 amide bonds. The third-order valence-electron chi connectivity index (χ3n) is 4.66. The van der Waals surface area contributed by atoms with Gasteiger partial charge in [0.25, 0.3) is 0 Å². The molecule has 154 valence electrons. The predicted molar refractivity (Wildman–Crippen MR) is 97.5 cm³/mol. The lowest BCUT2D eigenvalue weighted by atomic mass is 9.82. The minimum Gasteiger partial charge on any atom is -0.463 e. The Bertz CT molecular complexity index is 534. The number of hydrogen-bond donors (Lipinski definition) is 1. The van der Waals surface area contributed by atoms with Crippen LogP contribution in [0.2, 0.25) is 0 Å². The van der Waals surface area contributed by atoms with Crippen LogP contribution in [0.4, 0.5) is 0 Å². The molecule has 0 bridgehead atoms. The number of hydrogen-bond acceptors (Lipinski definition) is 7. The van der Waals surface area contributed by atoms with Crippen LogP contribution in [0, 0.1) is 17.8 Å². The van der Waals surface area contributed by atoms with Gasteiger partial charge >= 0.3 is 11.9 Å². The van der Waals surface area contributed by atoms with E-state index in [4.69, 9.17) is 18.9 Å². The first-order valence-electron chi connectivity index (χ1n) is 9.12. The van der Waals surface area contributed by atoms with Gasteiger partial charge in [-0.05, 0) is 18.8 Å². The Kier molecular flexibility index (Phi) is 9.45. The largest absolute Gasteiger partial charge is 0.463 e. The van der Waals surface area contributed by atoms with Crippen LogP contribution in [0.5, 0.6) is 0 Å². The van der Waals surface area contributed by atoms with E-state index in [-0.39, 0.29) is 49.7 Å². The molecular weight excluding hydrogens is 354 g/mol. The van der Waals surface area contributed by atoms with Gasteiger partial charge in [-0.15, -0.1) is 0 Å². The Labute approximate surface area is 160 Å². The molecule has 1 N–H and O–H groups in total. The highest BCUT2D eigenvalue weighted by atomic mass is 16.7. The molecule has 0 spiro atoms. The Balaban J connectivity index is 2.78. The molecule has 6 atom stereocenters. The van der Waals surface area contributed by atoms with Crippen molar-refractivity contribution in [1.82, 2.24) is 5.32 Å². The van der Waals surface area contributed by atoms with Gasteiger partial charge in [0, 0.05) is 13.8 Å². The first-order valence-corrected chi connectivity index (χ1v) is 9.12. The van der Waals surface area contributed by atoms with Crippen LogP contribution >= 0.6 is 0 Å². The maximum Gasteiger partial charge on any atom is 0.311 e. The fourth-order valence-electron chi connectivity index (χ4n) is 2.85. The summed E-state index contributed by atoms with van der Waals surface area (Å²) in [5.74, 6) is -1.47. The average molecular weight is 385 g/mol. The van der Waals surface area contributed by atoms with Crippen molar-refractivity contribution in [3.05, 3.63) is 12.7 Å². The van der Waals surface area contributed by atoms with Gasteiger partial charge in [-0.2, -0.15) is 0 Å². The summed E-state index contributed by atoms with van der Waals surface area (Å²) in [4.78, 5) is 34.6. The maximum atomic E-state index is 11.9. The summed E-state index contributed by atoms with van der Waals surface area (Å²) in [5.41, 5.74) is 0. The van der Waals surface area contributed by atoms with Gasteiger partial charge < -0.3 is 24.3 Å². The first-order chi connectivity index (χ1) is 12.7. The van der Waals surface area contributed by atoms with E-state index in [2.05, 4.69) is 11.9 Å². The summed E-state index contributed by atoms with van der Waals surface area (Å²) in [6.45, 7) is 12.2. The molecule has 8 nitrogen and oxygen atoms in total. The van der Waals surface area contributed by atoms with E-state index in [1.165, 1.54) is 19.9 Å². The molecule has 0 radical (unpaired) electrons. The summed E-state index contributed by atoms with van der Waals surface area (Å²) >= 11 is 0. The fourth-order valence-corrected chi connectivity index (χ4v) is 2.85. The van der Waals surface area contributed by atoms with Crippen molar-refractivity contribution in [2.24, 2.45) is 17.8 Å². The van der Waals surface area contributed by atoms with E-state index in [0.29, 0.717) is 0 Å². The molecule has 0 aromatic rings. The second kappa shape index (κ2) is 11.0. The highest BCUT2D eigenvalue weighted by Crippen LogP contribution is 2.32. The third-order valence-corrected chi connectivity index (χ3v) is 4.66. The summed E-state index contributed by atoms with van der Waals surface area (Å²) in [6, 6.07) is -0.387. The molecule has 1 aliphatic heterocycles.